The zero-order chi connectivity index (χ0) is 11.5. The van der Waals surface area contributed by atoms with Crippen molar-refractivity contribution in [3.63, 3.8) is 0 Å². The lowest BCUT2D eigenvalue weighted by Gasteiger charge is -2.32. The topological polar surface area (TPSA) is 49.3 Å². The molecule has 1 aromatic carbocycles. The standard InChI is InChI=1S/C12H14FNO2/c13-9-3-1-2-8(6-9)7-12(16)14-10-4-5-11(10)15/h1-3,6,10-11,15H,4-5,7H2,(H,14,16)/t10-,11-/m1/s1. The summed E-state index contributed by atoms with van der Waals surface area (Å²) in [4.78, 5) is 11.5. The maximum absolute atomic E-state index is 12.8. The Kier molecular flexibility index (Phi) is 3.19. The number of benzene rings is 1. The highest BCUT2D eigenvalue weighted by Gasteiger charge is 2.29. The summed E-state index contributed by atoms with van der Waals surface area (Å²) in [6, 6.07) is 5.85. The number of carbonyl (C=O) groups excluding carboxylic acids is 1. The first-order chi connectivity index (χ1) is 7.65. The highest BCUT2D eigenvalue weighted by Crippen LogP contribution is 2.19. The van der Waals surface area contributed by atoms with Crippen molar-refractivity contribution in [2.75, 3.05) is 0 Å². The van der Waals surface area contributed by atoms with Crippen LogP contribution in [0.2, 0.25) is 0 Å². The van der Waals surface area contributed by atoms with Crippen molar-refractivity contribution < 1.29 is 14.3 Å². The zero-order valence-corrected chi connectivity index (χ0v) is 8.82. The van der Waals surface area contributed by atoms with Gasteiger partial charge in [-0.15, -0.1) is 0 Å². The SMILES string of the molecule is O=C(Cc1cccc(F)c1)N[C@@H]1CC[C@H]1O. The molecule has 1 amide bonds. The van der Waals surface area contributed by atoms with Gasteiger partial charge in [-0.25, -0.2) is 4.39 Å². The van der Waals surface area contributed by atoms with Gasteiger partial charge in [0.05, 0.1) is 18.6 Å². The molecule has 3 nitrogen and oxygen atoms in total. The van der Waals surface area contributed by atoms with Crippen LogP contribution in [0.4, 0.5) is 4.39 Å². The predicted octanol–water partition coefficient (Wildman–Crippen LogP) is 1.01. The third kappa shape index (κ3) is 2.58. The van der Waals surface area contributed by atoms with E-state index in [0.717, 1.165) is 12.8 Å². The monoisotopic (exact) mass is 223 g/mol. The fourth-order valence-corrected chi connectivity index (χ4v) is 1.74. The molecule has 86 valence electrons. The van der Waals surface area contributed by atoms with E-state index in [1.807, 2.05) is 0 Å². The van der Waals surface area contributed by atoms with Crippen LogP contribution in [0.3, 0.4) is 0 Å². The maximum Gasteiger partial charge on any atom is 0.224 e. The molecule has 0 spiro atoms. The highest BCUT2D eigenvalue weighted by molar-refractivity contribution is 5.79. The summed E-state index contributed by atoms with van der Waals surface area (Å²) in [6.45, 7) is 0. The van der Waals surface area contributed by atoms with E-state index in [0.29, 0.717) is 5.56 Å². The van der Waals surface area contributed by atoms with Gasteiger partial charge in [-0.2, -0.15) is 0 Å². The first kappa shape index (κ1) is 11.1. The Hall–Kier alpha value is -1.42. The quantitative estimate of drug-likeness (QED) is 0.803. The lowest BCUT2D eigenvalue weighted by atomic mass is 9.89. The minimum atomic E-state index is -0.420. The van der Waals surface area contributed by atoms with Crippen molar-refractivity contribution in [2.24, 2.45) is 0 Å². The Morgan fingerprint density at radius 2 is 2.31 bits per heavy atom. The lowest BCUT2D eigenvalue weighted by molar-refractivity contribution is -0.123. The molecular weight excluding hydrogens is 209 g/mol. The van der Waals surface area contributed by atoms with Crippen LogP contribution < -0.4 is 5.32 Å². The summed E-state index contributed by atoms with van der Waals surface area (Å²) in [5, 5.41) is 12.0. The number of amides is 1. The highest BCUT2D eigenvalue weighted by atomic mass is 19.1. The van der Waals surface area contributed by atoms with Crippen LogP contribution in [0.25, 0.3) is 0 Å². The fourth-order valence-electron chi connectivity index (χ4n) is 1.74. The molecule has 1 saturated carbocycles. The lowest BCUT2D eigenvalue weighted by Crippen LogP contribution is -2.50. The minimum Gasteiger partial charge on any atom is -0.391 e. The third-order valence-electron chi connectivity index (χ3n) is 2.84. The molecule has 0 aromatic heterocycles. The Morgan fingerprint density at radius 1 is 1.50 bits per heavy atom. The van der Waals surface area contributed by atoms with Crippen LogP contribution in [0, 0.1) is 5.82 Å². The Balaban J connectivity index is 1.87. The second-order valence-electron chi connectivity index (χ2n) is 4.13. The molecule has 1 fully saturated rings. The first-order valence-electron chi connectivity index (χ1n) is 5.37. The van der Waals surface area contributed by atoms with E-state index < -0.39 is 6.10 Å². The summed E-state index contributed by atoms with van der Waals surface area (Å²) < 4.78 is 12.8. The van der Waals surface area contributed by atoms with Gasteiger partial charge in [0, 0.05) is 0 Å². The van der Waals surface area contributed by atoms with E-state index in [1.54, 1.807) is 12.1 Å². The largest absolute Gasteiger partial charge is 0.391 e. The molecule has 4 heteroatoms. The van der Waals surface area contributed by atoms with Gasteiger partial charge in [0.1, 0.15) is 5.82 Å². The van der Waals surface area contributed by atoms with Crippen molar-refractivity contribution in [1.29, 1.82) is 0 Å². The molecule has 16 heavy (non-hydrogen) atoms. The molecule has 1 aromatic rings. The van der Waals surface area contributed by atoms with Gasteiger partial charge < -0.3 is 10.4 Å². The number of hydrogen-bond donors (Lipinski definition) is 2. The van der Waals surface area contributed by atoms with E-state index in [-0.39, 0.29) is 24.2 Å². The van der Waals surface area contributed by atoms with E-state index >= 15 is 0 Å². The normalized spacial score (nSPS) is 23.6. The molecule has 2 rings (SSSR count). The maximum atomic E-state index is 12.8. The van der Waals surface area contributed by atoms with Crippen LogP contribution in [-0.4, -0.2) is 23.2 Å². The summed E-state index contributed by atoms with van der Waals surface area (Å²) >= 11 is 0. The van der Waals surface area contributed by atoms with Gasteiger partial charge in [0.2, 0.25) is 5.91 Å². The molecule has 0 heterocycles. The average Bonchev–Trinajstić information content (AvgIpc) is 2.24. The zero-order valence-electron chi connectivity index (χ0n) is 8.82. The fraction of sp³-hybridized carbons (Fsp3) is 0.417. The van der Waals surface area contributed by atoms with Crippen molar-refractivity contribution in [3.8, 4) is 0 Å². The molecule has 1 aliphatic rings. The summed E-state index contributed by atoms with van der Waals surface area (Å²) in [7, 11) is 0. The van der Waals surface area contributed by atoms with Gasteiger partial charge in [0.25, 0.3) is 0 Å². The van der Waals surface area contributed by atoms with Crippen LogP contribution >= 0.6 is 0 Å². The number of rotatable bonds is 3. The van der Waals surface area contributed by atoms with Gasteiger partial charge in [-0.05, 0) is 30.5 Å². The number of carbonyl (C=O) groups is 1. The van der Waals surface area contributed by atoms with E-state index in [2.05, 4.69) is 5.32 Å². The van der Waals surface area contributed by atoms with E-state index in [1.165, 1.54) is 12.1 Å². The second-order valence-corrected chi connectivity index (χ2v) is 4.13. The van der Waals surface area contributed by atoms with Crippen molar-refractivity contribution in [1.82, 2.24) is 5.32 Å². The van der Waals surface area contributed by atoms with Crippen molar-refractivity contribution in [3.05, 3.63) is 35.6 Å². The van der Waals surface area contributed by atoms with Crippen molar-refractivity contribution >= 4 is 5.91 Å². The Morgan fingerprint density at radius 3 is 2.88 bits per heavy atom. The van der Waals surface area contributed by atoms with Gasteiger partial charge in [0.15, 0.2) is 0 Å². The number of nitrogens with one attached hydrogen (secondary N) is 1. The number of hydrogen-bond acceptors (Lipinski definition) is 2. The first-order valence-corrected chi connectivity index (χ1v) is 5.37. The van der Waals surface area contributed by atoms with E-state index in [9.17, 15) is 14.3 Å². The Labute approximate surface area is 93.3 Å². The average molecular weight is 223 g/mol. The molecule has 0 unspecified atom stereocenters. The Bertz CT molecular complexity index is 394. The summed E-state index contributed by atoms with van der Waals surface area (Å²) in [5.41, 5.74) is 0.645. The van der Waals surface area contributed by atoms with Crippen LogP contribution in [0.1, 0.15) is 18.4 Å². The number of halogens is 1. The molecule has 0 bridgehead atoms. The third-order valence-corrected chi connectivity index (χ3v) is 2.84. The molecular formula is C12H14FNO2. The predicted molar refractivity (Wildman–Crippen MR) is 57.3 cm³/mol. The van der Waals surface area contributed by atoms with Crippen LogP contribution in [0.5, 0.6) is 0 Å². The molecule has 1 aliphatic carbocycles. The van der Waals surface area contributed by atoms with Crippen molar-refractivity contribution in [2.45, 2.75) is 31.4 Å². The summed E-state index contributed by atoms with van der Waals surface area (Å²) in [5.74, 6) is -0.511. The van der Waals surface area contributed by atoms with E-state index in [4.69, 9.17) is 0 Å². The molecule has 0 saturated heterocycles. The number of aliphatic hydroxyl groups is 1. The van der Waals surface area contributed by atoms with Gasteiger partial charge >= 0.3 is 0 Å². The molecule has 2 atom stereocenters. The van der Waals surface area contributed by atoms with Gasteiger partial charge in [-0.1, -0.05) is 12.1 Å². The molecule has 2 N–H and O–H groups in total. The molecule has 0 radical (unpaired) electrons. The molecule has 0 aliphatic heterocycles. The van der Waals surface area contributed by atoms with Gasteiger partial charge in [-0.3, -0.25) is 4.79 Å². The number of aliphatic hydroxyl groups excluding tert-OH is 1. The van der Waals surface area contributed by atoms with Crippen LogP contribution in [0.15, 0.2) is 24.3 Å². The second kappa shape index (κ2) is 4.61. The summed E-state index contributed by atoms with van der Waals surface area (Å²) in [6.07, 6.45) is 1.29. The van der Waals surface area contributed by atoms with Crippen LogP contribution in [-0.2, 0) is 11.2 Å². The smallest absolute Gasteiger partial charge is 0.224 e. The minimum absolute atomic E-state index is 0.124.